The highest BCUT2D eigenvalue weighted by Crippen LogP contribution is 2.49. The second-order valence-electron chi connectivity index (χ2n) is 5.48. The predicted octanol–water partition coefficient (Wildman–Crippen LogP) is 4.91. The van der Waals surface area contributed by atoms with Crippen molar-refractivity contribution >= 4 is 15.9 Å². The summed E-state index contributed by atoms with van der Waals surface area (Å²) in [6.07, 6.45) is 15.2. The van der Waals surface area contributed by atoms with Gasteiger partial charge in [-0.25, -0.2) is 0 Å². The lowest BCUT2D eigenvalue weighted by molar-refractivity contribution is 0.0963. The van der Waals surface area contributed by atoms with E-state index in [2.05, 4.69) is 15.9 Å². The maximum atomic E-state index is 3.57. The fourth-order valence-electron chi connectivity index (χ4n) is 3.53. The van der Waals surface area contributed by atoms with Gasteiger partial charge in [-0.1, -0.05) is 35.2 Å². The lowest BCUT2D eigenvalue weighted by Gasteiger charge is -2.43. The molecule has 2 aliphatic carbocycles. The second kappa shape index (κ2) is 5.01. The first-order valence-corrected chi connectivity index (χ1v) is 7.53. The molecular formula is C13H23Br. The Morgan fingerprint density at radius 3 is 2.14 bits per heavy atom. The van der Waals surface area contributed by atoms with Gasteiger partial charge < -0.3 is 0 Å². The highest BCUT2D eigenvalue weighted by Gasteiger charge is 2.35. The van der Waals surface area contributed by atoms with Crippen molar-refractivity contribution in [1.82, 2.24) is 0 Å². The molecule has 0 atom stereocenters. The zero-order valence-corrected chi connectivity index (χ0v) is 10.8. The fraction of sp³-hybridized carbons (Fsp3) is 1.00. The summed E-state index contributed by atoms with van der Waals surface area (Å²) in [4.78, 5) is 0. The summed E-state index contributed by atoms with van der Waals surface area (Å²) in [7, 11) is 0. The normalized spacial score (nSPS) is 28.1. The Bertz CT molecular complexity index is 160. The molecule has 0 aliphatic heterocycles. The number of alkyl halides is 1. The number of rotatable bonds is 2. The van der Waals surface area contributed by atoms with Gasteiger partial charge in [0.15, 0.2) is 0 Å². The standard InChI is InChI=1S/C13H23Br/c14-11-6-12-4-9-13(10-5-12)7-2-1-3-8-13/h12H,1-11H2. The van der Waals surface area contributed by atoms with Crippen LogP contribution in [-0.2, 0) is 0 Å². The third kappa shape index (κ3) is 2.53. The fourth-order valence-corrected chi connectivity index (χ4v) is 4.18. The molecule has 0 saturated heterocycles. The van der Waals surface area contributed by atoms with Gasteiger partial charge in [0.1, 0.15) is 0 Å². The minimum atomic E-state index is 0.820. The van der Waals surface area contributed by atoms with E-state index in [-0.39, 0.29) is 0 Å². The third-order valence-corrected chi connectivity index (χ3v) is 5.06. The lowest BCUT2D eigenvalue weighted by atomic mass is 9.63. The largest absolute Gasteiger partial charge is 0.0928 e. The van der Waals surface area contributed by atoms with Gasteiger partial charge in [0.25, 0.3) is 0 Å². The van der Waals surface area contributed by atoms with E-state index in [1.165, 1.54) is 43.9 Å². The molecule has 0 aromatic heterocycles. The van der Waals surface area contributed by atoms with Crippen LogP contribution >= 0.6 is 15.9 Å². The molecule has 0 amide bonds. The van der Waals surface area contributed by atoms with Crippen LogP contribution in [-0.4, -0.2) is 5.33 Å². The Morgan fingerprint density at radius 2 is 1.57 bits per heavy atom. The molecule has 1 spiro atoms. The van der Waals surface area contributed by atoms with Crippen LogP contribution in [0.15, 0.2) is 0 Å². The average molecular weight is 259 g/mol. The number of hydrogen-bond donors (Lipinski definition) is 0. The number of hydrogen-bond acceptors (Lipinski definition) is 0. The topological polar surface area (TPSA) is 0 Å². The highest BCUT2D eigenvalue weighted by atomic mass is 79.9. The van der Waals surface area contributed by atoms with E-state index in [0.717, 1.165) is 11.3 Å². The molecular weight excluding hydrogens is 236 g/mol. The molecule has 82 valence electrons. The molecule has 0 N–H and O–H groups in total. The van der Waals surface area contributed by atoms with Crippen LogP contribution in [0.2, 0.25) is 0 Å². The van der Waals surface area contributed by atoms with Crippen LogP contribution in [0, 0.1) is 11.3 Å². The Morgan fingerprint density at radius 1 is 0.929 bits per heavy atom. The molecule has 2 rings (SSSR count). The molecule has 2 saturated carbocycles. The predicted molar refractivity (Wildman–Crippen MR) is 65.9 cm³/mol. The van der Waals surface area contributed by atoms with Crippen LogP contribution in [0.4, 0.5) is 0 Å². The van der Waals surface area contributed by atoms with Crippen LogP contribution in [0.25, 0.3) is 0 Å². The van der Waals surface area contributed by atoms with Gasteiger partial charge in [-0.15, -0.1) is 0 Å². The molecule has 0 aromatic rings. The summed E-state index contributed by atoms with van der Waals surface area (Å²) in [5.74, 6) is 1.04. The summed E-state index contributed by atoms with van der Waals surface area (Å²) >= 11 is 3.57. The molecule has 14 heavy (non-hydrogen) atoms. The van der Waals surface area contributed by atoms with Gasteiger partial charge in [-0.2, -0.15) is 0 Å². The summed E-state index contributed by atoms with van der Waals surface area (Å²) in [5, 5.41) is 1.21. The Hall–Kier alpha value is 0.480. The van der Waals surface area contributed by atoms with Crippen molar-refractivity contribution in [2.75, 3.05) is 5.33 Å². The minimum Gasteiger partial charge on any atom is -0.0928 e. The van der Waals surface area contributed by atoms with Crippen molar-refractivity contribution in [3.05, 3.63) is 0 Å². The van der Waals surface area contributed by atoms with Gasteiger partial charge in [-0.3, -0.25) is 0 Å². The van der Waals surface area contributed by atoms with Crippen molar-refractivity contribution in [1.29, 1.82) is 0 Å². The SMILES string of the molecule is BrCCC1CCC2(CCCCC2)CC1. The summed E-state index contributed by atoms with van der Waals surface area (Å²) in [6.45, 7) is 0. The van der Waals surface area contributed by atoms with Gasteiger partial charge in [-0.05, 0) is 56.3 Å². The van der Waals surface area contributed by atoms with E-state index < -0.39 is 0 Å². The molecule has 1 heteroatoms. The minimum absolute atomic E-state index is 0.820. The van der Waals surface area contributed by atoms with E-state index in [1.54, 1.807) is 25.7 Å². The molecule has 0 bridgehead atoms. The zero-order chi connectivity index (χ0) is 9.86. The second-order valence-corrected chi connectivity index (χ2v) is 6.27. The Kier molecular flexibility index (Phi) is 3.93. The van der Waals surface area contributed by atoms with Gasteiger partial charge in [0.2, 0.25) is 0 Å². The molecule has 0 nitrogen and oxygen atoms in total. The van der Waals surface area contributed by atoms with Crippen molar-refractivity contribution in [2.24, 2.45) is 11.3 Å². The van der Waals surface area contributed by atoms with Crippen LogP contribution in [0.1, 0.15) is 64.2 Å². The first-order chi connectivity index (χ1) is 6.85. The monoisotopic (exact) mass is 258 g/mol. The molecule has 0 radical (unpaired) electrons. The Balaban J connectivity index is 1.81. The molecule has 0 aromatic carbocycles. The lowest BCUT2D eigenvalue weighted by Crippen LogP contribution is -2.29. The van der Waals surface area contributed by atoms with Crippen molar-refractivity contribution in [3.8, 4) is 0 Å². The van der Waals surface area contributed by atoms with E-state index in [0.29, 0.717) is 0 Å². The molecule has 0 unspecified atom stereocenters. The van der Waals surface area contributed by atoms with Crippen LogP contribution in [0.3, 0.4) is 0 Å². The van der Waals surface area contributed by atoms with Gasteiger partial charge in [0, 0.05) is 5.33 Å². The van der Waals surface area contributed by atoms with Gasteiger partial charge >= 0.3 is 0 Å². The third-order valence-electron chi connectivity index (χ3n) is 4.60. The van der Waals surface area contributed by atoms with Crippen molar-refractivity contribution in [2.45, 2.75) is 64.2 Å². The quantitative estimate of drug-likeness (QED) is 0.618. The maximum Gasteiger partial charge on any atom is 0.00339 e. The first-order valence-electron chi connectivity index (χ1n) is 6.41. The van der Waals surface area contributed by atoms with E-state index in [1.807, 2.05) is 0 Å². The first kappa shape index (κ1) is 11.0. The van der Waals surface area contributed by atoms with E-state index >= 15 is 0 Å². The van der Waals surface area contributed by atoms with E-state index in [4.69, 9.17) is 0 Å². The molecule has 2 fully saturated rings. The van der Waals surface area contributed by atoms with E-state index in [9.17, 15) is 0 Å². The summed E-state index contributed by atoms with van der Waals surface area (Å²) < 4.78 is 0. The van der Waals surface area contributed by atoms with Crippen molar-refractivity contribution < 1.29 is 0 Å². The maximum absolute atomic E-state index is 3.57. The average Bonchev–Trinajstić information content (AvgIpc) is 2.24. The van der Waals surface area contributed by atoms with Crippen molar-refractivity contribution in [3.63, 3.8) is 0 Å². The smallest absolute Gasteiger partial charge is 0.00339 e. The summed E-state index contributed by atoms with van der Waals surface area (Å²) in [5.41, 5.74) is 0.820. The molecule has 0 heterocycles. The van der Waals surface area contributed by atoms with Gasteiger partial charge in [0.05, 0.1) is 0 Å². The van der Waals surface area contributed by atoms with Crippen LogP contribution < -0.4 is 0 Å². The Labute approximate surface area is 97.0 Å². The highest BCUT2D eigenvalue weighted by molar-refractivity contribution is 9.09. The summed E-state index contributed by atoms with van der Waals surface area (Å²) in [6, 6.07) is 0. The zero-order valence-electron chi connectivity index (χ0n) is 9.23. The van der Waals surface area contributed by atoms with Crippen LogP contribution in [0.5, 0.6) is 0 Å². The number of halogens is 1. The molecule has 2 aliphatic rings.